The summed E-state index contributed by atoms with van der Waals surface area (Å²) in [6, 6.07) is 12.7. The Kier molecular flexibility index (Phi) is 4.31. The fraction of sp³-hybridized carbons (Fsp3) is 0.188. The maximum absolute atomic E-state index is 12.7. The van der Waals surface area contributed by atoms with Crippen molar-refractivity contribution in [2.45, 2.75) is 19.0 Å². The van der Waals surface area contributed by atoms with E-state index in [0.717, 1.165) is 11.6 Å². The molecule has 0 fully saturated rings. The van der Waals surface area contributed by atoms with Gasteiger partial charge in [-0.2, -0.15) is 13.2 Å². The van der Waals surface area contributed by atoms with E-state index in [1.165, 1.54) is 12.1 Å². The molecule has 0 saturated carbocycles. The fourth-order valence-corrected chi connectivity index (χ4v) is 2.11. The van der Waals surface area contributed by atoms with Gasteiger partial charge in [0.15, 0.2) is 0 Å². The Bertz CT molecular complexity index is 636. The van der Waals surface area contributed by atoms with Gasteiger partial charge in [0.05, 0.1) is 5.56 Å². The molecule has 0 heterocycles. The van der Waals surface area contributed by atoms with E-state index < -0.39 is 11.7 Å². The van der Waals surface area contributed by atoms with Crippen LogP contribution in [0.25, 0.3) is 0 Å². The average Bonchev–Trinajstić information content (AvgIpc) is 2.41. The number of Topliss-reactive ketones (excluding diaryl/α,β-unsaturated/α-hetero) is 1. The minimum atomic E-state index is -4.51. The second-order valence-corrected chi connectivity index (χ2v) is 4.75. The number of benzene rings is 2. The third kappa shape index (κ3) is 3.84. The van der Waals surface area contributed by atoms with Crippen LogP contribution in [0.3, 0.4) is 0 Å². The lowest BCUT2D eigenvalue weighted by atomic mass is 9.99. The Morgan fingerprint density at radius 2 is 1.62 bits per heavy atom. The highest BCUT2D eigenvalue weighted by Gasteiger charge is 2.33. The van der Waals surface area contributed by atoms with Gasteiger partial charge in [-0.1, -0.05) is 42.5 Å². The summed E-state index contributed by atoms with van der Waals surface area (Å²) in [6.07, 6.45) is -4.44. The Labute approximate surface area is 120 Å². The van der Waals surface area contributed by atoms with E-state index in [4.69, 9.17) is 5.73 Å². The van der Waals surface area contributed by atoms with Crippen LogP contribution < -0.4 is 5.73 Å². The molecule has 5 heteroatoms. The standard InChI is InChI=1S/C16H14F3NO/c17-16(18,19)14-8-4-7-12(15(14)20)10-13(21)9-11-5-2-1-3-6-11/h1-8H,9-10,20H2. The summed E-state index contributed by atoms with van der Waals surface area (Å²) in [5, 5.41) is 0. The number of hydrogen-bond acceptors (Lipinski definition) is 2. The second kappa shape index (κ2) is 5.99. The zero-order valence-electron chi connectivity index (χ0n) is 11.2. The summed E-state index contributed by atoms with van der Waals surface area (Å²) in [5.41, 5.74) is 5.31. The molecule has 2 N–H and O–H groups in total. The van der Waals surface area contributed by atoms with Gasteiger partial charge in [0.25, 0.3) is 0 Å². The molecule has 110 valence electrons. The molecule has 0 aliphatic heterocycles. The molecular weight excluding hydrogens is 279 g/mol. The van der Waals surface area contributed by atoms with Gasteiger partial charge in [-0.3, -0.25) is 4.79 Å². The van der Waals surface area contributed by atoms with Gasteiger partial charge < -0.3 is 5.73 Å². The SMILES string of the molecule is Nc1c(CC(=O)Cc2ccccc2)cccc1C(F)(F)F. The van der Waals surface area contributed by atoms with Gasteiger partial charge in [-0.05, 0) is 17.2 Å². The number of hydrogen-bond donors (Lipinski definition) is 1. The maximum atomic E-state index is 12.7. The Morgan fingerprint density at radius 3 is 2.24 bits per heavy atom. The van der Waals surface area contributed by atoms with E-state index >= 15 is 0 Å². The second-order valence-electron chi connectivity index (χ2n) is 4.75. The number of ketones is 1. The van der Waals surface area contributed by atoms with Crippen LogP contribution in [0.15, 0.2) is 48.5 Å². The van der Waals surface area contributed by atoms with Crippen LogP contribution >= 0.6 is 0 Å². The third-order valence-corrected chi connectivity index (χ3v) is 3.13. The van der Waals surface area contributed by atoms with Crippen molar-refractivity contribution in [3.63, 3.8) is 0 Å². The van der Waals surface area contributed by atoms with E-state index in [9.17, 15) is 18.0 Å². The predicted octanol–water partition coefficient (Wildman–Crippen LogP) is 3.64. The van der Waals surface area contributed by atoms with Crippen molar-refractivity contribution in [3.05, 3.63) is 65.2 Å². The molecule has 0 saturated heterocycles. The van der Waals surface area contributed by atoms with Crippen molar-refractivity contribution in [2.24, 2.45) is 0 Å². The molecule has 0 unspecified atom stereocenters. The molecule has 0 aromatic heterocycles. The van der Waals surface area contributed by atoms with Crippen molar-refractivity contribution in [2.75, 3.05) is 5.73 Å². The van der Waals surface area contributed by atoms with E-state index in [0.29, 0.717) is 0 Å². The molecule has 0 amide bonds. The zero-order valence-corrected chi connectivity index (χ0v) is 11.2. The molecule has 0 spiro atoms. The highest BCUT2D eigenvalue weighted by atomic mass is 19.4. The van der Waals surface area contributed by atoms with E-state index in [-0.39, 0.29) is 29.9 Å². The number of carbonyl (C=O) groups excluding carboxylic acids is 1. The first kappa shape index (κ1) is 15.1. The molecule has 0 atom stereocenters. The van der Waals surface area contributed by atoms with Gasteiger partial charge >= 0.3 is 6.18 Å². The topological polar surface area (TPSA) is 43.1 Å². The summed E-state index contributed by atoms with van der Waals surface area (Å²) in [5.74, 6) is -0.174. The Morgan fingerprint density at radius 1 is 0.952 bits per heavy atom. The molecule has 0 bridgehead atoms. The summed E-state index contributed by atoms with van der Waals surface area (Å²) in [6.45, 7) is 0. The van der Waals surface area contributed by atoms with Crippen LogP contribution in [-0.4, -0.2) is 5.78 Å². The van der Waals surface area contributed by atoms with Crippen LogP contribution in [0.5, 0.6) is 0 Å². The minimum absolute atomic E-state index is 0.107. The first-order chi connectivity index (χ1) is 9.88. The molecule has 21 heavy (non-hydrogen) atoms. The molecule has 2 aromatic carbocycles. The number of nitrogens with two attached hydrogens (primary N) is 1. The van der Waals surface area contributed by atoms with Crippen molar-refractivity contribution in [1.82, 2.24) is 0 Å². The number of carbonyl (C=O) groups is 1. The number of para-hydroxylation sites is 1. The Hall–Kier alpha value is -2.30. The van der Waals surface area contributed by atoms with Crippen molar-refractivity contribution < 1.29 is 18.0 Å². The number of anilines is 1. The van der Waals surface area contributed by atoms with E-state index in [2.05, 4.69) is 0 Å². The van der Waals surface area contributed by atoms with Gasteiger partial charge in [-0.15, -0.1) is 0 Å². The average molecular weight is 293 g/mol. The molecule has 0 aliphatic carbocycles. The zero-order chi connectivity index (χ0) is 15.5. The normalized spacial score (nSPS) is 11.4. The predicted molar refractivity (Wildman–Crippen MR) is 74.7 cm³/mol. The Balaban J connectivity index is 2.15. The summed E-state index contributed by atoms with van der Waals surface area (Å²) < 4.78 is 38.2. The van der Waals surface area contributed by atoms with Crippen molar-refractivity contribution >= 4 is 11.5 Å². The summed E-state index contributed by atoms with van der Waals surface area (Å²) >= 11 is 0. The lowest BCUT2D eigenvalue weighted by Gasteiger charge is -2.13. The summed E-state index contributed by atoms with van der Waals surface area (Å²) in [4.78, 5) is 12.0. The highest BCUT2D eigenvalue weighted by molar-refractivity contribution is 5.84. The lowest BCUT2D eigenvalue weighted by Crippen LogP contribution is -2.13. The highest BCUT2D eigenvalue weighted by Crippen LogP contribution is 2.35. The monoisotopic (exact) mass is 293 g/mol. The van der Waals surface area contributed by atoms with E-state index in [1.54, 1.807) is 24.3 Å². The van der Waals surface area contributed by atoms with Gasteiger partial charge in [0.2, 0.25) is 0 Å². The minimum Gasteiger partial charge on any atom is -0.398 e. The quantitative estimate of drug-likeness (QED) is 0.875. The van der Waals surface area contributed by atoms with Crippen LogP contribution in [0.2, 0.25) is 0 Å². The van der Waals surface area contributed by atoms with Crippen LogP contribution in [0, 0.1) is 0 Å². The first-order valence-electron chi connectivity index (χ1n) is 6.38. The molecule has 2 aromatic rings. The van der Waals surface area contributed by atoms with E-state index in [1.807, 2.05) is 6.07 Å². The number of alkyl halides is 3. The van der Waals surface area contributed by atoms with Gasteiger partial charge in [-0.25, -0.2) is 0 Å². The molecule has 2 rings (SSSR count). The number of nitrogen functional groups attached to an aromatic ring is 1. The molecule has 2 nitrogen and oxygen atoms in total. The maximum Gasteiger partial charge on any atom is 0.418 e. The van der Waals surface area contributed by atoms with Crippen LogP contribution in [0.4, 0.5) is 18.9 Å². The molecule has 0 radical (unpaired) electrons. The van der Waals surface area contributed by atoms with Gasteiger partial charge in [0.1, 0.15) is 5.78 Å². The van der Waals surface area contributed by atoms with Gasteiger partial charge in [0, 0.05) is 18.5 Å². The van der Waals surface area contributed by atoms with Crippen molar-refractivity contribution in [3.8, 4) is 0 Å². The van der Waals surface area contributed by atoms with Crippen molar-refractivity contribution in [1.29, 1.82) is 0 Å². The fourth-order valence-electron chi connectivity index (χ4n) is 2.11. The lowest BCUT2D eigenvalue weighted by molar-refractivity contribution is -0.137. The van der Waals surface area contributed by atoms with Crippen LogP contribution in [0.1, 0.15) is 16.7 Å². The smallest absolute Gasteiger partial charge is 0.398 e. The first-order valence-corrected chi connectivity index (χ1v) is 6.38. The third-order valence-electron chi connectivity index (χ3n) is 3.13. The molecular formula is C16H14F3NO. The number of halogens is 3. The molecule has 0 aliphatic rings. The largest absolute Gasteiger partial charge is 0.418 e. The van der Waals surface area contributed by atoms with Crippen LogP contribution in [-0.2, 0) is 23.8 Å². The summed E-state index contributed by atoms with van der Waals surface area (Å²) in [7, 11) is 0. The number of rotatable bonds is 4.